The molecule has 4 heteroatoms. The van der Waals surface area contributed by atoms with E-state index in [1.165, 1.54) is 0 Å². The SMILES string of the molecule is Nc1cccc(CNC(=O)C2Cc3ccccc3O2)c1. The molecule has 1 aliphatic rings. The maximum absolute atomic E-state index is 12.1. The number of nitrogen functional groups attached to an aromatic ring is 1. The van der Waals surface area contributed by atoms with Crippen molar-refractivity contribution >= 4 is 11.6 Å². The lowest BCUT2D eigenvalue weighted by molar-refractivity contribution is -0.127. The fraction of sp³-hybridized carbons (Fsp3) is 0.188. The Hall–Kier alpha value is -2.49. The average molecular weight is 268 g/mol. The van der Waals surface area contributed by atoms with Crippen LogP contribution >= 0.6 is 0 Å². The Morgan fingerprint density at radius 3 is 2.90 bits per heavy atom. The van der Waals surface area contributed by atoms with Gasteiger partial charge in [0.15, 0.2) is 6.10 Å². The van der Waals surface area contributed by atoms with Crippen LogP contribution in [0.2, 0.25) is 0 Å². The molecule has 1 unspecified atom stereocenters. The Bertz CT molecular complexity index is 615. The van der Waals surface area contributed by atoms with Crippen molar-refractivity contribution in [1.29, 1.82) is 0 Å². The Labute approximate surface area is 117 Å². The number of nitrogens with two attached hydrogens (primary N) is 1. The van der Waals surface area contributed by atoms with E-state index in [-0.39, 0.29) is 5.91 Å². The van der Waals surface area contributed by atoms with Crippen molar-refractivity contribution in [3.63, 3.8) is 0 Å². The molecule has 2 aromatic rings. The molecule has 3 rings (SSSR count). The second-order valence-corrected chi connectivity index (χ2v) is 4.88. The molecule has 4 nitrogen and oxygen atoms in total. The monoisotopic (exact) mass is 268 g/mol. The first-order valence-corrected chi connectivity index (χ1v) is 6.59. The molecule has 0 bridgehead atoms. The third-order valence-corrected chi connectivity index (χ3v) is 3.36. The van der Waals surface area contributed by atoms with E-state index in [9.17, 15) is 4.79 Å². The number of nitrogens with one attached hydrogen (secondary N) is 1. The standard InChI is InChI=1S/C16H16N2O2/c17-13-6-3-4-11(8-13)10-18-16(19)15-9-12-5-1-2-7-14(12)20-15/h1-8,15H,9-10,17H2,(H,18,19). The normalized spacial score (nSPS) is 16.3. The first-order chi connectivity index (χ1) is 9.72. The molecule has 0 aromatic heterocycles. The summed E-state index contributed by atoms with van der Waals surface area (Å²) in [5.41, 5.74) is 8.46. The zero-order valence-electron chi connectivity index (χ0n) is 11.0. The van der Waals surface area contributed by atoms with Crippen molar-refractivity contribution in [1.82, 2.24) is 5.32 Å². The van der Waals surface area contributed by atoms with Gasteiger partial charge in [0, 0.05) is 18.7 Å². The Kier molecular flexibility index (Phi) is 3.29. The molecule has 3 N–H and O–H groups in total. The van der Waals surface area contributed by atoms with Crippen LogP contribution in [0.3, 0.4) is 0 Å². The van der Waals surface area contributed by atoms with Crippen LogP contribution in [-0.2, 0) is 17.8 Å². The molecule has 102 valence electrons. The van der Waals surface area contributed by atoms with Gasteiger partial charge in [0.2, 0.25) is 0 Å². The summed E-state index contributed by atoms with van der Waals surface area (Å²) in [6, 6.07) is 15.2. The molecule has 1 heterocycles. The topological polar surface area (TPSA) is 64.3 Å². The minimum absolute atomic E-state index is 0.0939. The second-order valence-electron chi connectivity index (χ2n) is 4.88. The van der Waals surface area contributed by atoms with E-state index in [0.29, 0.717) is 18.7 Å². The number of carbonyl (C=O) groups excluding carboxylic acids is 1. The van der Waals surface area contributed by atoms with Crippen molar-refractivity contribution in [2.45, 2.75) is 19.1 Å². The van der Waals surface area contributed by atoms with E-state index in [1.54, 1.807) is 0 Å². The minimum atomic E-state index is -0.437. The average Bonchev–Trinajstić information content (AvgIpc) is 2.89. The van der Waals surface area contributed by atoms with E-state index in [2.05, 4.69) is 5.32 Å². The highest BCUT2D eigenvalue weighted by molar-refractivity contribution is 5.82. The number of hydrogen-bond acceptors (Lipinski definition) is 3. The quantitative estimate of drug-likeness (QED) is 0.835. The maximum Gasteiger partial charge on any atom is 0.261 e. The molecule has 1 atom stereocenters. The van der Waals surface area contributed by atoms with E-state index in [4.69, 9.17) is 10.5 Å². The van der Waals surface area contributed by atoms with E-state index in [0.717, 1.165) is 16.9 Å². The van der Waals surface area contributed by atoms with Gasteiger partial charge in [-0.25, -0.2) is 0 Å². The summed E-state index contributed by atoms with van der Waals surface area (Å²) >= 11 is 0. The second kappa shape index (κ2) is 5.25. The van der Waals surface area contributed by atoms with Gasteiger partial charge in [0.25, 0.3) is 5.91 Å². The molecule has 1 aliphatic heterocycles. The number of ether oxygens (including phenoxy) is 1. The Morgan fingerprint density at radius 2 is 2.10 bits per heavy atom. The molecule has 0 spiro atoms. The van der Waals surface area contributed by atoms with Gasteiger partial charge < -0.3 is 15.8 Å². The van der Waals surface area contributed by atoms with Crippen molar-refractivity contribution in [3.05, 3.63) is 59.7 Å². The summed E-state index contributed by atoms with van der Waals surface area (Å²) < 4.78 is 5.64. The summed E-state index contributed by atoms with van der Waals surface area (Å²) in [5.74, 6) is 0.709. The minimum Gasteiger partial charge on any atom is -0.480 e. The van der Waals surface area contributed by atoms with Crippen LogP contribution in [0.1, 0.15) is 11.1 Å². The first-order valence-electron chi connectivity index (χ1n) is 6.59. The lowest BCUT2D eigenvalue weighted by Gasteiger charge is -2.11. The van der Waals surface area contributed by atoms with Gasteiger partial charge in [-0.2, -0.15) is 0 Å². The van der Waals surface area contributed by atoms with Gasteiger partial charge in [-0.1, -0.05) is 30.3 Å². The summed E-state index contributed by atoms with van der Waals surface area (Å²) in [6.07, 6.45) is 0.187. The number of carbonyl (C=O) groups is 1. The van der Waals surface area contributed by atoms with E-state index in [1.807, 2.05) is 48.5 Å². The summed E-state index contributed by atoms with van der Waals surface area (Å²) in [4.78, 5) is 12.1. The molecule has 20 heavy (non-hydrogen) atoms. The van der Waals surface area contributed by atoms with Crippen LogP contribution in [0.5, 0.6) is 5.75 Å². The number of para-hydroxylation sites is 1. The molecule has 2 aromatic carbocycles. The van der Waals surface area contributed by atoms with Crippen molar-refractivity contribution in [2.75, 3.05) is 5.73 Å². The van der Waals surface area contributed by atoms with Crippen LogP contribution in [-0.4, -0.2) is 12.0 Å². The lowest BCUT2D eigenvalue weighted by atomic mass is 10.1. The van der Waals surface area contributed by atoms with E-state index < -0.39 is 6.10 Å². The number of hydrogen-bond donors (Lipinski definition) is 2. The van der Waals surface area contributed by atoms with Crippen LogP contribution in [0.25, 0.3) is 0 Å². The number of benzene rings is 2. The molecule has 0 saturated carbocycles. The largest absolute Gasteiger partial charge is 0.480 e. The fourth-order valence-corrected chi connectivity index (χ4v) is 2.33. The van der Waals surface area contributed by atoms with Gasteiger partial charge in [-0.15, -0.1) is 0 Å². The van der Waals surface area contributed by atoms with Crippen molar-refractivity contribution in [2.24, 2.45) is 0 Å². The van der Waals surface area contributed by atoms with Gasteiger partial charge in [-0.05, 0) is 29.3 Å². The summed E-state index contributed by atoms with van der Waals surface area (Å²) in [6.45, 7) is 0.458. The molecule has 0 saturated heterocycles. The van der Waals surface area contributed by atoms with Crippen molar-refractivity contribution in [3.8, 4) is 5.75 Å². The van der Waals surface area contributed by atoms with Crippen LogP contribution < -0.4 is 15.8 Å². The van der Waals surface area contributed by atoms with Gasteiger partial charge in [0.05, 0.1) is 0 Å². The number of anilines is 1. The fourth-order valence-electron chi connectivity index (χ4n) is 2.33. The van der Waals surface area contributed by atoms with Gasteiger partial charge in [0.1, 0.15) is 5.75 Å². The number of rotatable bonds is 3. The van der Waals surface area contributed by atoms with Crippen LogP contribution in [0.15, 0.2) is 48.5 Å². The molecular formula is C16H16N2O2. The Balaban J connectivity index is 1.59. The molecular weight excluding hydrogens is 252 g/mol. The lowest BCUT2D eigenvalue weighted by Crippen LogP contribution is -2.37. The van der Waals surface area contributed by atoms with Crippen molar-refractivity contribution < 1.29 is 9.53 Å². The summed E-state index contributed by atoms with van der Waals surface area (Å²) in [7, 11) is 0. The predicted octanol–water partition coefficient (Wildman–Crippen LogP) is 1.89. The zero-order valence-corrected chi connectivity index (χ0v) is 11.0. The smallest absolute Gasteiger partial charge is 0.261 e. The maximum atomic E-state index is 12.1. The number of fused-ring (bicyclic) bond motifs is 1. The molecule has 0 radical (unpaired) electrons. The highest BCUT2D eigenvalue weighted by Crippen LogP contribution is 2.28. The molecule has 0 fully saturated rings. The summed E-state index contributed by atoms with van der Waals surface area (Å²) in [5, 5.41) is 2.88. The molecule has 0 aliphatic carbocycles. The van der Waals surface area contributed by atoms with Gasteiger partial charge in [-0.3, -0.25) is 4.79 Å². The van der Waals surface area contributed by atoms with E-state index >= 15 is 0 Å². The predicted molar refractivity (Wildman–Crippen MR) is 77.3 cm³/mol. The third-order valence-electron chi connectivity index (χ3n) is 3.36. The highest BCUT2D eigenvalue weighted by Gasteiger charge is 2.28. The Morgan fingerprint density at radius 1 is 1.25 bits per heavy atom. The molecule has 1 amide bonds. The highest BCUT2D eigenvalue weighted by atomic mass is 16.5. The first kappa shape index (κ1) is 12.5. The zero-order chi connectivity index (χ0) is 13.9. The van der Waals surface area contributed by atoms with Crippen LogP contribution in [0, 0.1) is 0 Å². The third kappa shape index (κ3) is 2.59. The van der Waals surface area contributed by atoms with Crippen LogP contribution in [0.4, 0.5) is 5.69 Å². The van der Waals surface area contributed by atoms with Gasteiger partial charge >= 0.3 is 0 Å². The number of amides is 1.